The molecule has 0 aliphatic rings. The molecule has 22 heavy (non-hydrogen) atoms. The number of hydrogen-bond donors (Lipinski definition) is 1. The van der Waals surface area contributed by atoms with Crippen LogP contribution in [0.5, 0.6) is 0 Å². The van der Waals surface area contributed by atoms with Gasteiger partial charge in [-0.05, 0) is 24.3 Å². The summed E-state index contributed by atoms with van der Waals surface area (Å²) < 4.78 is 0. The van der Waals surface area contributed by atoms with Crippen molar-refractivity contribution in [2.24, 2.45) is 10.7 Å². The summed E-state index contributed by atoms with van der Waals surface area (Å²) in [5.41, 5.74) is 9.45. The number of aliphatic imine (C=N–C) groups is 1. The van der Waals surface area contributed by atoms with Crippen LogP contribution in [0.25, 0.3) is 21.8 Å². The number of nitrogens with two attached hydrogens (primary N) is 1. The van der Waals surface area contributed by atoms with E-state index >= 15 is 0 Å². The third kappa shape index (κ3) is 3.32. The molecule has 0 amide bonds. The zero-order valence-electron chi connectivity index (χ0n) is 11.6. The molecule has 0 unspecified atom stereocenters. The molecule has 3 rings (SSSR count). The maximum absolute atomic E-state index is 5.67. The molecule has 0 fully saturated rings. The molecule has 0 radical (unpaired) electrons. The molecule has 3 aromatic rings. The van der Waals surface area contributed by atoms with Gasteiger partial charge in [0.1, 0.15) is 10.8 Å². The van der Waals surface area contributed by atoms with Gasteiger partial charge in [-0.2, -0.15) is 0 Å². The molecule has 110 valence electrons. The summed E-state index contributed by atoms with van der Waals surface area (Å²) in [4.78, 5) is 13.0. The topological polar surface area (TPSA) is 64.2 Å². The van der Waals surface area contributed by atoms with Crippen molar-refractivity contribution >= 4 is 34.5 Å². The summed E-state index contributed by atoms with van der Waals surface area (Å²) in [5.74, 6) is 0.614. The fourth-order valence-corrected chi connectivity index (χ4v) is 2.85. The van der Waals surface area contributed by atoms with Crippen molar-refractivity contribution in [2.75, 3.05) is 5.88 Å². The van der Waals surface area contributed by atoms with Crippen molar-refractivity contribution in [2.45, 2.75) is 0 Å². The molecule has 2 aromatic heterocycles. The normalized spacial score (nSPS) is 11.6. The van der Waals surface area contributed by atoms with E-state index in [1.807, 2.05) is 41.8 Å². The highest BCUT2D eigenvalue weighted by Gasteiger charge is 2.07. The molecule has 2 N–H and O–H groups in total. The Kier molecular flexibility index (Phi) is 4.46. The molecule has 6 heteroatoms. The second-order valence-electron chi connectivity index (χ2n) is 4.56. The number of rotatable bonds is 4. The SMILES string of the molecule is NC(CCl)=Nc1cccc(-c2nc(-c3ccncc3)cs2)c1. The molecule has 0 aliphatic carbocycles. The van der Waals surface area contributed by atoms with Crippen molar-refractivity contribution in [3.8, 4) is 21.8 Å². The van der Waals surface area contributed by atoms with Gasteiger partial charge in [-0.3, -0.25) is 4.98 Å². The van der Waals surface area contributed by atoms with Crippen LogP contribution in [0.2, 0.25) is 0 Å². The molecular weight excluding hydrogens is 316 g/mol. The molecule has 0 atom stereocenters. The summed E-state index contributed by atoms with van der Waals surface area (Å²) in [6.45, 7) is 0. The van der Waals surface area contributed by atoms with Crippen LogP contribution in [0.15, 0.2) is 59.2 Å². The predicted octanol–water partition coefficient (Wildman–Crippen LogP) is 4.10. The van der Waals surface area contributed by atoms with Gasteiger partial charge in [0.25, 0.3) is 0 Å². The molecular formula is C16H13ClN4S. The highest BCUT2D eigenvalue weighted by Crippen LogP contribution is 2.30. The van der Waals surface area contributed by atoms with E-state index in [1.165, 1.54) is 0 Å². The molecule has 0 bridgehead atoms. The van der Waals surface area contributed by atoms with Crippen molar-refractivity contribution in [1.82, 2.24) is 9.97 Å². The molecule has 0 saturated carbocycles. The quantitative estimate of drug-likeness (QED) is 0.445. The van der Waals surface area contributed by atoms with Crippen LogP contribution >= 0.6 is 22.9 Å². The summed E-state index contributed by atoms with van der Waals surface area (Å²) in [5, 5.41) is 2.97. The minimum Gasteiger partial charge on any atom is -0.386 e. The minimum absolute atomic E-state index is 0.216. The summed E-state index contributed by atoms with van der Waals surface area (Å²) in [6, 6.07) is 11.7. The highest BCUT2D eigenvalue weighted by molar-refractivity contribution is 7.13. The zero-order chi connectivity index (χ0) is 15.4. The summed E-state index contributed by atoms with van der Waals surface area (Å²) in [6.07, 6.45) is 3.53. The number of thiazole rings is 1. The Morgan fingerprint density at radius 1 is 1.18 bits per heavy atom. The first-order valence-corrected chi connectivity index (χ1v) is 8.03. The Morgan fingerprint density at radius 2 is 2.00 bits per heavy atom. The lowest BCUT2D eigenvalue weighted by atomic mass is 10.2. The molecule has 0 aliphatic heterocycles. The van der Waals surface area contributed by atoms with E-state index < -0.39 is 0 Å². The summed E-state index contributed by atoms with van der Waals surface area (Å²) >= 11 is 7.25. The van der Waals surface area contributed by atoms with Gasteiger partial charge in [-0.1, -0.05) is 12.1 Å². The van der Waals surface area contributed by atoms with Gasteiger partial charge in [0.05, 0.1) is 17.3 Å². The van der Waals surface area contributed by atoms with Crippen molar-refractivity contribution < 1.29 is 0 Å². The van der Waals surface area contributed by atoms with Crippen LogP contribution in [-0.2, 0) is 0 Å². The van der Waals surface area contributed by atoms with Gasteiger partial charge in [0.15, 0.2) is 0 Å². The van der Waals surface area contributed by atoms with E-state index in [0.29, 0.717) is 5.84 Å². The van der Waals surface area contributed by atoms with E-state index in [2.05, 4.69) is 15.0 Å². The smallest absolute Gasteiger partial charge is 0.124 e. The number of halogens is 1. The second-order valence-corrected chi connectivity index (χ2v) is 5.69. The maximum Gasteiger partial charge on any atom is 0.124 e. The molecule has 4 nitrogen and oxygen atoms in total. The molecule has 0 saturated heterocycles. The highest BCUT2D eigenvalue weighted by atomic mass is 35.5. The first kappa shape index (κ1) is 14.7. The lowest BCUT2D eigenvalue weighted by molar-refractivity contribution is 1.31. The molecule has 2 heterocycles. The van der Waals surface area contributed by atoms with Crippen molar-refractivity contribution in [3.63, 3.8) is 0 Å². The Labute approximate surface area is 137 Å². The van der Waals surface area contributed by atoms with E-state index in [0.717, 1.165) is 27.5 Å². The number of hydrogen-bond acceptors (Lipinski definition) is 4. The number of amidine groups is 1. The molecule has 1 aromatic carbocycles. The van der Waals surface area contributed by atoms with E-state index in [-0.39, 0.29) is 5.88 Å². The maximum atomic E-state index is 5.67. The van der Waals surface area contributed by atoms with Crippen LogP contribution < -0.4 is 5.73 Å². The Bertz CT molecular complexity index is 799. The van der Waals surface area contributed by atoms with Crippen LogP contribution in [0.3, 0.4) is 0 Å². The lowest BCUT2D eigenvalue weighted by Gasteiger charge is -2.00. The fraction of sp³-hybridized carbons (Fsp3) is 0.0625. The van der Waals surface area contributed by atoms with Gasteiger partial charge in [-0.15, -0.1) is 22.9 Å². The lowest BCUT2D eigenvalue weighted by Crippen LogP contribution is -2.12. The monoisotopic (exact) mass is 328 g/mol. The van der Waals surface area contributed by atoms with Gasteiger partial charge in [0, 0.05) is 28.9 Å². The third-order valence-corrected chi connectivity index (χ3v) is 4.15. The number of nitrogens with zero attached hydrogens (tertiary/aromatic N) is 3. The second kappa shape index (κ2) is 6.68. The van der Waals surface area contributed by atoms with E-state index in [9.17, 15) is 0 Å². The van der Waals surface area contributed by atoms with Crippen LogP contribution in [0, 0.1) is 0 Å². The van der Waals surface area contributed by atoms with E-state index in [4.69, 9.17) is 17.3 Å². The zero-order valence-corrected chi connectivity index (χ0v) is 13.2. The number of pyridine rings is 1. The number of benzene rings is 1. The van der Waals surface area contributed by atoms with Crippen molar-refractivity contribution in [1.29, 1.82) is 0 Å². The minimum atomic E-state index is 0.216. The molecule has 0 spiro atoms. The first-order valence-electron chi connectivity index (χ1n) is 6.61. The van der Waals surface area contributed by atoms with Gasteiger partial charge in [-0.25, -0.2) is 9.98 Å². The Hall–Kier alpha value is -2.24. The average molecular weight is 329 g/mol. The van der Waals surface area contributed by atoms with Crippen LogP contribution in [0.1, 0.15) is 0 Å². The van der Waals surface area contributed by atoms with Crippen LogP contribution in [-0.4, -0.2) is 21.7 Å². The average Bonchev–Trinajstić information content (AvgIpc) is 3.06. The third-order valence-electron chi connectivity index (χ3n) is 2.98. The fourth-order valence-electron chi connectivity index (χ4n) is 1.97. The van der Waals surface area contributed by atoms with Gasteiger partial charge >= 0.3 is 0 Å². The van der Waals surface area contributed by atoms with E-state index in [1.54, 1.807) is 23.7 Å². The Balaban J connectivity index is 1.92. The number of alkyl halides is 1. The number of aromatic nitrogens is 2. The standard InChI is InChI=1S/C16H13ClN4S/c17-9-15(18)20-13-3-1-2-12(8-13)16-21-14(10-22-16)11-4-6-19-7-5-11/h1-8,10H,9H2,(H2,18,20). The first-order chi connectivity index (χ1) is 10.8. The predicted molar refractivity (Wildman–Crippen MR) is 92.8 cm³/mol. The van der Waals surface area contributed by atoms with Gasteiger partial charge in [0.2, 0.25) is 0 Å². The van der Waals surface area contributed by atoms with Crippen LogP contribution in [0.4, 0.5) is 5.69 Å². The van der Waals surface area contributed by atoms with Crippen molar-refractivity contribution in [3.05, 3.63) is 54.2 Å². The van der Waals surface area contributed by atoms with Gasteiger partial charge < -0.3 is 5.73 Å². The largest absolute Gasteiger partial charge is 0.386 e. The Morgan fingerprint density at radius 3 is 2.77 bits per heavy atom. The summed E-state index contributed by atoms with van der Waals surface area (Å²) in [7, 11) is 0.